The second-order valence-corrected chi connectivity index (χ2v) is 4.92. The molecule has 90 valence electrons. The largest absolute Gasteiger partial charge is 0.368 e. The van der Waals surface area contributed by atoms with Gasteiger partial charge < -0.3 is 5.32 Å². The number of nitrogens with one attached hydrogen (secondary N) is 2. The van der Waals surface area contributed by atoms with Crippen molar-refractivity contribution in [1.29, 1.82) is 0 Å². The molecule has 0 atom stereocenters. The molecular weight excluding hydrogens is 278 g/mol. The van der Waals surface area contributed by atoms with Crippen molar-refractivity contribution in [3.63, 3.8) is 0 Å². The van der Waals surface area contributed by atoms with Crippen molar-refractivity contribution in [2.75, 3.05) is 11.9 Å². The number of aryl methyl sites for hydroxylation is 1. The van der Waals surface area contributed by atoms with Crippen LogP contribution in [0, 0.1) is 6.92 Å². The van der Waals surface area contributed by atoms with Gasteiger partial charge in [-0.3, -0.25) is 5.10 Å². The number of hydrogen-bond acceptors (Lipinski definition) is 2. The maximum atomic E-state index is 4.30. The van der Waals surface area contributed by atoms with E-state index in [1.165, 1.54) is 5.56 Å². The Hall–Kier alpha value is -1.29. The van der Waals surface area contributed by atoms with Crippen LogP contribution in [0.2, 0.25) is 0 Å². The Bertz CT molecular complexity index is 488. The molecule has 0 saturated heterocycles. The molecule has 1 aromatic carbocycles. The van der Waals surface area contributed by atoms with Crippen LogP contribution in [0.1, 0.15) is 19.0 Å². The summed E-state index contributed by atoms with van der Waals surface area (Å²) in [5, 5.41) is 10.7. The molecule has 2 N–H and O–H groups in total. The van der Waals surface area contributed by atoms with E-state index in [1.54, 1.807) is 0 Å². The summed E-state index contributed by atoms with van der Waals surface area (Å²) >= 11 is 3.45. The SMILES string of the molecule is CCCNc1n[nH]c(C)c1-c1ccc(Br)cc1. The summed E-state index contributed by atoms with van der Waals surface area (Å²) in [5.41, 5.74) is 3.43. The molecule has 3 nitrogen and oxygen atoms in total. The lowest BCUT2D eigenvalue weighted by Crippen LogP contribution is -2.01. The number of aromatic amines is 1. The van der Waals surface area contributed by atoms with E-state index < -0.39 is 0 Å². The van der Waals surface area contributed by atoms with Crippen LogP contribution >= 0.6 is 15.9 Å². The normalized spacial score (nSPS) is 10.5. The van der Waals surface area contributed by atoms with E-state index in [4.69, 9.17) is 0 Å². The summed E-state index contributed by atoms with van der Waals surface area (Å²) in [7, 11) is 0. The van der Waals surface area contributed by atoms with Gasteiger partial charge in [-0.1, -0.05) is 35.0 Å². The summed E-state index contributed by atoms with van der Waals surface area (Å²) in [4.78, 5) is 0. The third kappa shape index (κ3) is 2.69. The lowest BCUT2D eigenvalue weighted by molar-refractivity contribution is 0.958. The minimum atomic E-state index is 0.937. The molecule has 0 amide bonds. The topological polar surface area (TPSA) is 40.7 Å². The van der Waals surface area contributed by atoms with Crippen LogP contribution in [-0.2, 0) is 0 Å². The fourth-order valence-corrected chi connectivity index (χ4v) is 2.03. The van der Waals surface area contributed by atoms with Crippen LogP contribution < -0.4 is 5.32 Å². The Morgan fingerprint density at radius 3 is 2.65 bits per heavy atom. The van der Waals surface area contributed by atoms with Crippen LogP contribution in [0.5, 0.6) is 0 Å². The maximum absolute atomic E-state index is 4.30. The molecule has 2 rings (SSSR count). The van der Waals surface area contributed by atoms with E-state index in [1.807, 2.05) is 19.1 Å². The molecule has 1 heterocycles. The van der Waals surface area contributed by atoms with Gasteiger partial charge in [0.25, 0.3) is 0 Å². The van der Waals surface area contributed by atoms with Crippen molar-refractivity contribution >= 4 is 21.7 Å². The molecular formula is C13H16BrN3. The first-order valence-corrected chi connectivity index (χ1v) is 6.56. The van der Waals surface area contributed by atoms with E-state index in [9.17, 15) is 0 Å². The highest BCUT2D eigenvalue weighted by Crippen LogP contribution is 2.30. The zero-order chi connectivity index (χ0) is 12.3. The van der Waals surface area contributed by atoms with Crippen molar-refractivity contribution < 1.29 is 0 Å². The van der Waals surface area contributed by atoms with E-state index in [2.05, 4.69) is 50.5 Å². The fraction of sp³-hybridized carbons (Fsp3) is 0.308. The van der Waals surface area contributed by atoms with Crippen molar-refractivity contribution in [3.05, 3.63) is 34.4 Å². The smallest absolute Gasteiger partial charge is 0.155 e. The first-order valence-electron chi connectivity index (χ1n) is 5.77. The van der Waals surface area contributed by atoms with Gasteiger partial charge in [0.2, 0.25) is 0 Å². The zero-order valence-corrected chi connectivity index (χ0v) is 11.6. The number of H-pyrrole nitrogens is 1. The summed E-state index contributed by atoms with van der Waals surface area (Å²) in [6.45, 7) is 5.13. The van der Waals surface area contributed by atoms with Gasteiger partial charge >= 0.3 is 0 Å². The molecule has 0 aliphatic rings. The van der Waals surface area contributed by atoms with Crippen LogP contribution in [-0.4, -0.2) is 16.7 Å². The Balaban J connectivity index is 2.36. The molecule has 1 aromatic heterocycles. The summed E-state index contributed by atoms with van der Waals surface area (Å²) in [6.07, 6.45) is 1.09. The van der Waals surface area contributed by atoms with Crippen molar-refractivity contribution in [2.45, 2.75) is 20.3 Å². The molecule has 0 radical (unpaired) electrons. The van der Waals surface area contributed by atoms with E-state index in [-0.39, 0.29) is 0 Å². The lowest BCUT2D eigenvalue weighted by Gasteiger charge is -2.06. The summed E-state index contributed by atoms with van der Waals surface area (Å²) in [5.74, 6) is 0.937. The Morgan fingerprint density at radius 1 is 1.29 bits per heavy atom. The van der Waals surface area contributed by atoms with E-state index in [0.717, 1.165) is 34.5 Å². The fourth-order valence-electron chi connectivity index (χ4n) is 1.77. The molecule has 2 aromatic rings. The first kappa shape index (κ1) is 12.2. The van der Waals surface area contributed by atoms with Gasteiger partial charge in [0, 0.05) is 22.3 Å². The number of benzene rings is 1. The Labute approximate surface area is 110 Å². The number of halogens is 1. The number of rotatable bonds is 4. The van der Waals surface area contributed by atoms with Gasteiger partial charge in [0.05, 0.1) is 0 Å². The number of anilines is 1. The molecule has 0 aliphatic carbocycles. The van der Waals surface area contributed by atoms with E-state index >= 15 is 0 Å². The van der Waals surface area contributed by atoms with Crippen molar-refractivity contribution in [3.8, 4) is 11.1 Å². The van der Waals surface area contributed by atoms with Gasteiger partial charge in [0.1, 0.15) is 0 Å². The maximum Gasteiger partial charge on any atom is 0.155 e. The highest BCUT2D eigenvalue weighted by atomic mass is 79.9. The van der Waals surface area contributed by atoms with Gasteiger partial charge in [-0.15, -0.1) is 0 Å². The average molecular weight is 294 g/mol. The average Bonchev–Trinajstić information content (AvgIpc) is 2.69. The molecule has 0 bridgehead atoms. The van der Waals surface area contributed by atoms with Crippen LogP contribution in [0.3, 0.4) is 0 Å². The second-order valence-electron chi connectivity index (χ2n) is 4.01. The third-order valence-electron chi connectivity index (χ3n) is 2.62. The predicted molar refractivity (Wildman–Crippen MR) is 75.2 cm³/mol. The summed E-state index contributed by atoms with van der Waals surface area (Å²) < 4.78 is 1.09. The summed E-state index contributed by atoms with van der Waals surface area (Å²) in [6, 6.07) is 8.29. The van der Waals surface area contributed by atoms with E-state index in [0.29, 0.717) is 0 Å². The monoisotopic (exact) mass is 293 g/mol. The van der Waals surface area contributed by atoms with Crippen LogP contribution in [0.4, 0.5) is 5.82 Å². The molecule has 4 heteroatoms. The Morgan fingerprint density at radius 2 is 2.00 bits per heavy atom. The Kier molecular flexibility index (Phi) is 3.84. The molecule has 0 fully saturated rings. The van der Waals surface area contributed by atoms with Gasteiger partial charge in [-0.2, -0.15) is 5.10 Å². The number of nitrogens with zero attached hydrogens (tertiary/aromatic N) is 1. The van der Waals surface area contributed by atoms with Gasteiger partial charge in [-0.05, 0) is 31.0 Å². The van der Waals surface area contributed by atoms with Crippen molar-refractivity contribution in [1.82, 2.24) is 10.2 Å². The zero-order valence-electron chi connectivity index (χ0n) is 10.0. The number of aromatic nitrogens is 2. The minimum absolute atomic E-state index is 0.937. The lowest BCUT2D eigenvalue weighted by atomic mass is 10.1. The van der Waals surface area contributed by atoms with Gasteiger partial charge in [-0.25, -0.2) is 0 Å². The standard InChI is InChI=1S/C13H16BrN3/c1-3-8-15-13-12(9(2)16-17-13)10-4-6-11(14)7-5-10/h4-7H,3,8H2,1-2H3,(H2,15,16,17). The molecule has 0 spiro atoms. The van der Waals surface area contributed by atoms with Crippen molar-refractivity contribution in [2.24, 2.45) is 0 Å². The highest BCUT2D eigenvalue weighted by Gasteiger charge is 2.11. The quantitative estimate of drug-likeness (QED) is 0.895. The van der Waals surface area contributed by atoms with Gasteiger partial charge in [0.15, 0.2) is 5.82 Å². The first-order chi connectivity index (χ1) is 8.22. The second kappa shape index (κ2) is 5.36. The predicted octanol–water partition coefficient (Wildman–Crippen LogP) is 3.97. The van der Waals surface area contributed by atoms with Crippen LogP contribution in [0.15, 0.2) is 28.7 Å². The number of hydrogen-bond donors (Lipinski definition) is 2. The molecule has 17 heavy (non-hydrogen) atoms. The third-order valence-corrected chi connectivity index (χ3v) is 3.15. The van der Waals surface area contributed by atoms with Crippen LogP contribution in [0.25, 0.3) is 11.1 Å². The highest BCUT2D eigenvalue weighted by molar-refractivity contribution is 9.10. The molecule has 0 unspecified atom stereocenters. The molecule has 0 saturated carbocycles. The molecule has 0 aliphatic heterocycles. The minimum Gasteiger partial charge on any atom is -0.368 e.